The van der Waals surface area contributed by atoms with Gasteiger partial charge >= 0.3 is 10.1 Å². The van der Waals surface area contributed by atoms with Gasteiger partial charge in [-0.2, -0.15) is 8.42 Å². The van der Waals surface area contributed by atoms with E-state index in [4.69, 9.17) is 4.28 Å². The number of imide groups is 1. The molecule has 4 aromatic carbocycles. The Morgan fingerprint density at radius 1 is 0.741 bits per heavy atom. The summed E-state index contributed by atoms with van der Waals surface area (Å²) in [4.78, 5) is 23.4. The van der Waals surface area contributed by atoms with Crippen molar-refractivity contribution >= 4 is 54.2 Å². The van der Waals surface area contributed by atoms with Crippen LogP contribution in [0.2, 0.25) is 0 Å². The van der Waals surface area contributed by atoms with Gasteiger partial charge in [-0.25, -0.2) is 0 Å². The topological polar surface area (TPSA) is 80.8 Å². The molecule has 1 aliphatic rings. The molecule has 5 rings (SSSR count). The second kappa shape index (κ2) is 5.48. The molecule has 6 nitrogen and oxygen atoms in total. The summed E-state index contributed by atoms with van der Waals surface area (Å²) in [7, 11) is -4.35. The van der Waals surface area contributed by atoms with Crippen LogP contribution in [0.25, 0.3) is 32.3 Å². The van der Waals surface area contributed by atoms with Gasteiger partial charge in [0.1, 0.15) is 4.90 Å². The third kappa shape index (κ3) is 2.32. The SMILES string of the molecule is O=C1CCC(=O)N1OS(=O)(=O)c1ccc2ccc3cccc4ccc1c2c34. The first-order chi connectivity index (χ1) is 13.0. The molecule has 134 valence electrons. The van der Waals surface area contributed by atoms with E-state index < -0.39 is 21.9 Å². The molecule has 0 aliphatic carbocycles. The fourth-order valence-corrected chi connectivity index (χ4v) is 4.82. The summed E-state index contributed by atoms with van der Waals surface area (Å²) in [6.45, 7) is 0. The van der Waals surface area contributed by atoms with Gasteiger partial charge in [0.2, 0.25) is 0 Å². The van der Waals surface area contributed by atoms with Crippen LogP contribution in [0.15, 0.2) is 59.5 Å². The van der Waals surface area contributed by atoms with Crippen LogP contribution in [0, 0.1) is 0 Å². The minimum absolute atomic E-state index is 0.0488. The highest BCUT2D eigenvalue weighted by Gasteiger charge is 2.35. The van der Waals surface area contributed by atoms with Crippen LogP contribution < -0.4 is 0 Å². The van der Waals surface area contributed by atoms with E-state index in [1.54, 1.807) is 12.1 Å². The molecule has 1 aliphatic heterocycles. The fourth-order valence-electron chi connectivity index (χ4n) is 3.70. The lowest BCUT2D eigenvalue weighted by Crippen LogP contribution is -2.32. The Morgan fingerprint density at radius 2 is 1.30 bits per heavy atom. The largest absolute Gasteiger partial charge is 0.318 e. The number of benzene rings is 4. The fraction of sp³-hybridized carbons (Fsp3) is 0.100. The maximum Gasteiger partial charge on any atom is 0.318 e. The Labute approximate surface area is 154 Å². The molecule has 7 heteroatoms. The van der Waals surface area contributed by atoms with Crippen LogP contribution in [0.5, 0.6) is 0 Å². The molecule has 1 saturated heterocycles. The van der Waals surface area contributed by atoms with Crippen LogP contribution in [0.1, 0.15) is 12.8 Å². The number of amides is 2. The van der Waals surface area contributed by atoms with Crippen molar-refractivity contribution in [1.82, 2.24) is 5.06 Å². The first-order valence-electron chi connectivity index (χ1n) is 8.43. The van der Waals surface area contributed by atoms with Crippen LogP contribution in [-0.2, 0) is 24.0 Å². The predicted octanol–water partition coefficient (Wildman–Crippen LogP) is 3.35. The standard InChI is InChI=1S/C20H13NO5S/c22-17-10-11-18(23)21(17)26-27(24,25)16-9-7-14-5-4-12-2-1-3-13-6-8-15(16)20(14)19(12)13/h1-9H,10-11H2. The zero-order chi connectivity index (χ0) is 18.8. The van der Waals surface area contributed by atoms with Crippen molar-refractivity contribution < 1.29 is 22.3 Å². The van der Waals surface area contributed by atoms with Crippen molar-refractivity contribution in [2.75, 3.05) is 0 Å². The molecule has 0 N–H and O–H groups in total. The van der Waals surface area contributed by atoms with Crippen LogP contribution in [0.4, 0.5) is 0 Å². The summed E-state index contributed by atoms with van der Waals surface area (Å²) in [5.41, 5.74) is 0. The first kappa shape index (κ1) is 16.2. The highest BCUT2D eigenvalue weighted by Crippen LogP contribution is 2.37. The van der Waals surface area contributed by atoms with Crippen molar-refractivity contribution in [1.29, 1.82) is 0 Å². The van der Waals surface area contributed by atoms with Crippen molar-refractivity contribution in [2.45, 2.75) is 17.7 Å². The average Bonchev–Trinajstić information content (AvgIpc) is 2.97. The molecule has 0 bridgehead atoms. The second-order valence-electron chi connectivity index (χ2n) is 6.53. The lowest BCUT2D eigenvalue weighted by molar-refractivity contribution is -0.163. The van der Waals surface area contributed by atoms with E-state index in [9.17, 15) is 18.0 Å². The van der Waals surface area contributed by atoms with Gasteiger partial charge in [-0.3, -0.25) is 9.59 Å². The summed E-state index contributed by atoms with van der Waals surface area (Å²) in [6.07, 6.45) is -0.0976. The molecule has 1 fully saturated rings. The van der Waals surface area contributed by atoms with E-state index in [-0.39, 0.29) is 17.7 Å². The van der Waals surface area contributed by atoms with Gasteiger partial charge in [-0.05, 0) is 33.0 Å². The molecule has 0 saturated carbocycles. The Morgan fingerprint density at radius 3 is 1.96 bits per heavy atom. The summed E-state index contributed by atoms with van der Waals surface area (Å²) >= 11 is 0. The molecule has 4 aromatic rings. The van der Waals surface area contributed by atoms with Gasteiger partial charge in [-0.1, -0.05) is 48.5 Å². The van der Waals surface area contributed by atoms with E-state index in [1.807, 2.05) is 36.4 Å². The minimum atomic E-state index is -4.35. The zero-order valence-electron chi connectivity index (χ0n) is 14.0. The molecule has 0 unspecified atom stereocenters. The maximum atomic E-state index is 12.9. The van der Waals surface area contributed by atoms with Gasteiger partial charge in [0, 0.05) is 18.2 Å². The van der Waals surface area contributed by atoms with E-state index in [0.29, 0.717) is 10.4 Å². The number of hydrogen-bond acceptors (Lipinski definition) is 5. The van der Waals surface area contributed by atoms with E-state index in [1.165, 1.54) is 6.07 Å². The Balaban J connectivity index is 1.76. The predicted molar refractivity (Wildman–Crippen MR) is 99.5 cm³/mol. The van der Waals surface area contributed by atoms with E-state index in [2.05, 4.69) is 0 Å². The van der Waals surface area contributed by atoms with Gasteiger partial charge in [0.05, 0.1) is 0 Å². The molecule has 27 heavy (non-hydrogen) atoms. The smallest absolute Gasteiger partial charge is 0.272 e. The number of hydrogen-bond donors (Lipinski definition) is 0. The quantitative estimate of drug-likeness (QED) is 0.403. The maximum absolute atomic E-state index is 12.9. The van der Waals surface area contributed by atoms with Gasteiger partial charge in [0.25, 0.3) is 11.8 Å². The number of rotatable bonds is 3. The van der Waals surface area contributed by atoms with Gasteiger partial charge in [-0.15, -0.1) is 9.35 Å². The highest BCUT2D eigenvalue weighted by atomic mass is 32.2. The Hall–Kier alpha value is -3.03. The lowest BCUT2D eigenvalue weighted by atomic mass is 9.94. The molecule has 0 aromatic heterocycles. The van der Waals surface area contributed by atoms with Crippen LogP contribution in [0.3, 0.4) is 0 Å². The van der Waals surface area contributed by atoms with Crippen molar-refractivity contribution in [3.8, 4) is 0 Å². The summed E-state index contributed by atoms with van der Waals surface area (Å²) in [5.74, 6) is -1.30. The highest BCUT2D eigenvalue weighted by molar-refractivity contribution is 7.87. The third-order valence-corrected chi connectivity index (χ3v) is 6.18. The normalized spacial score (nSPS) is 15.6. The summed E-state index contributed by atoms with van der Waals surface area (Å²) in [5, 5.41) is 5.55. The van der Waals surface area contributed by atoms with Gasteiger partial charge in [0.15, 0.2) is 0 Å². The van der Waals surface area contributed by atoms with E-state index >= 15 is 0 Å². The Bertz CT molecular complexity index is 1330. The van der Waals surface area contributed by atoms with Crippen LogP contribution in [-0.4, -0.2) is 25.3 Å². The molecule has 0 atom stereocenters. The molecule has 2 amide bonds. The average molecular weight is 379 g/mol. The number of nitrogens with zero attached hydrogens (tertiary/aromatic N) is 1. The first-order valence-corrected chi connectivity index (χ1v) is 9.83. The van der Waals surface area contributed by atoms with Crippen LogP contribution >= 0.6 is 0 Å². The van der Waals surface area contributed by atoms with E-state index in [0.717, 1.165) is 26.9 Å². The monoisotopic (exact) mass is 379 g/mol. The molecule has 1 heterocycles. The zero-order valence-corrected chi connectivity index (χ0v) is 14.8. The molecule has 0 spiro atoms. The molecular formula is C20H13NO5S. The Kier molecular flexibility index (Phi) is 3.28. The summed E-state index contributed by atoms with van der Waals surface area (Å²) in [6, 6.07) is 16.6. The number of hydroxylamine groups is 2. The second-order valence-corrected chi connectivity index (χ2v) is 8.03. The van der Waals surface area contributed by atoms with Crippen molar-refractivity contribution in [3.63, 3.8) is 0 Å². The van der Waals surface area contributed by atoms with Gasteiger partial charge < -0.3 is 0 Å². The minimum Gasteiger partial charge on any atom is -0.272 e. The number of carbonyl (C=O) groups excluding carboxylic acids is 2. The van der Waals surface area contributed by atoms with Crippen molar-refractivity contribution in [2.24, 2.45) is 0 Å². The molecular weight excluding hydrogens is 366 g/mol. The van der Waals surface area contributed by atoms with Crippen molar-refractivity contribution in [3.05, 3.63) is 54.6 Å². The number of carbonyl (C=O) groups is 2. The summed E-state index contributed by atoms with van der Waals surface area (Å²) < 4.78 is 30.6. The third-order valence-electron chi connectivity index (χ3n) is 4.94. The molecule has 0 radical (unpaired) electrons. The lowest BCUT2D eigenvalue weighted by Gasteiger charge is -2.16.